The van der Waals surface area contributed by atoms with Crippen LogP contribution in [-0.2, 0) is 0 Å². The van der Waals surface area contributed by atoms with E-state index in [1.165, 1.54) is 0 Å². The van der Waals surface area contributed by atoms with Gasteiger partial charge in [-0.15, -0.1) is 0 Å². The summed E-state index contributed by atoms with van der Waals surface area (Å²) in [5.41, 5.74) is -0.478. The Hall–Kier alpha value is -1.04. The maximum atomic E-state index is 9.92. The maximum absolute atomic E-state index is 9.92. The van der Waals surface area contributed by atoms with Crippen molar-refractivity contribution in [2.75, 3.05) is 26.2 Å². The minimum atomic E-state index is -0.239. The van der Waals surface area contributed by atoms with E-state index < -0.39 is 0 Å². The van der Waals surface area contributed by atoms with Crippen LogP contribution in [0.2, 0.25) is 0 Å². The van der Waals surface area contributed by atoms with Crippen molar-refractivity contribution in [3.63, 3.8) is 0 Å². The second-order valence-corrected chi connectivity index (χ2v) is 9.18. The molecule has 26 heavy (non-hydrogen) atoms. The molecule has 0 radical (unpaired) electrons. The standard InChI is InChI=1S/C22H36N2O2/c1-17-15-23(13-9-19(17)25)21(3,4)11-7-8-12-22(5,6)24-14-10-20(26)18(2)16-24/h17-20,25-26H,9-10,13-16H2,1-6H3/t17-,18+,19+,20-. The van der Waals surface area contributed by atoms with Crippen LogP contribution in [0.3, 0.4) is 0 Å². The summed E-state index contributed by atoms with van der Waals surface area (Å²) in [6.45, 7) is 16.2. The Morgan fingerprint density at radius 3 is 1.38 bits per heavy atom. The zero-order chi connectivity index (χ0) is 19.5. The fourth-order valence-electron chi connectivity index (χ4n) is 3.81. The van der Waals surface area contributed by atoms with E-state index in [0.29, 0.717) is 0 Å². The molecule has 2 aliphatic heterocycles. The minimum absolute atomic E-state index is 0.193. The third kappa shape index (κ3) is 5.24. The van der Waals surface area contributed by atoms with E-state index in [1.54, 1.807) is 0 Å². The average molecular weight is 361 g/mol. The lowest BCUT2D eigenvalue weighted by molar-refractivity contribution is 0.00867. The van der Waals surface area contributed by atoms with Crippen molar-refractivity contribution in [2.45, 2.75) is 77.7 Å². The number of piperidine rings is 2. The van der Waals surface area contributed by atoms with Gasteiger partial charge in [-0.1, -0.05) is 25.7 Å². The molecule has 2 heterocycles. The molecule has 2 fully saturated rings. The van der Waals surface area contributed by atoms with E-state index in [9.17, 15) is 10.2 Å². The van der Waals surface area contributed by atoms with Gasteiger partial charge in [0.2, 0.25) is 0 Å². The van der Waals surface area contributed by atoms with Gasteiger partial charge >= 0.3 is 0 Å². The molecule has 2 N–H and O–H groups in total. The molecule has 0 aromatic rings. The Morgan fingerprint density at radius 1 is 0.731 bits per heavy atom. The van der Waals surface area contributed by atoms with Gasteiger partial charge in [0.05, 0.1) is 23.3 Å². The monoisotopic (exact) mass is 360 g/mol. The molecule has 0 bridgehead atoms. The van der Waals surface area contributed by atoms with Crippen LogP contribution < -0.4 is 0 Å². The first-order valence-electron chi connectivity index (χ1n) is 9.93. The Kier molecular flexibility index (Phi) is 6.81. The highest BCUT2D eigenvalue weighted by Gasteiger charge is 2.33. The summed E-state index contributed by atoms with van der Waals surface area (Å²) in [6.07, 6.45) is 1.23. The maximum Gasteiger partial charge on any atom is 0.0779 e. The van der Waals surface area contributed by atoms with Crippen molar-refractivity contribution < 1.29 is 10.2 Å². The predicted octanol–water partition coefficient (Wildman–Crippen LogP) is 1.96. The second kappa shape index (κ2) is 8.32. The van der Waals surface area contributed by atoms with Crippen molar-refractivity contribution in [1.29, 1.82) is 0 Å². The molecule has 4 atom stereocenters. The van der Waals surface area contributed by atoms with Gasteiger partial charge < -0.3 is 10.2 Å². The van der Waals surface area contributed by atoms with Crippen molar-refractivity contribution in [3.05, 3.63) is 0 Å². The number of aliphatic hydroxyl groups is 2. The lowest BCUT2D eigenvalue weighted by Gasteiger charge is -2.42. The van der Waals surface area contributed by atoms with Crippen LogP contribution in [0.15, 0.2) is 0 Å². The first-order valence-corrected chi connectivity index (χ1v) is 9.93. The normalized spacial score (nSPS) is 31.5. The topological polar surface area (TPSA) is 46.9 Å². The molecule has 2 saturated heterocycles. The smallest absolute Gasteiger partial charge is 0.0779 e. The van der Waals surface area contributed by atoms with Gasteiger partial charge in [0, 0.05) is 26.2 Å². The van der Waals surface area contributed by atoms with Gasteiger partial charge in [-0.2, -0.15) is 0 Å². The molecule has 146 valence electrons. The van der Waals surface area contributed by atoms with Crippen LogP contribution in [0.4, 0.5) is 0 Å². The zero-order valence-corrected chi connectivity index (χ0v) is 17.3. The van der Waals surface area contributed by atoms with Crippen molar-refractivity contribution in [2.24, 2.45) is 11.8 Å². The third-order valence-corrected chi connectivity index (χ3v) is 6.10. The highest BCUT2D eigenvalue weighted by molar-refractivity contribution is 5.33. The van der Waals surface area contributed by atoms with Crippen molar-refractivity contribution >= 4 is 0 Å². The van der Waals surface area contributed by atoms with Gasteiger partial charge in [-0.05, 0) is 64.2 Å². The summed E-state index contributed by atoms with van der Waals surface area (Å²) >= 11 is 0. The molecule has 0 amide bonds. The summed E-state index contributed by atoms with van der Waals surface area (Å²) in [5, 5.41) is 19.8. The number of rotatable bonds is 2. The Balaban J connectivity index is 2.00. The van der Waals surface area contributed by atoms with Crippen LogP contribution in [0.5, 0.6) is 0 Å². The summed E-state index contributed by atoms with van der Waals surface area (Å²) < 4.78 is 0. The van der Waals surface area contributed by atoms with E-state index in [-0.39, 0.29) is 35.1 Å². The molecule has 0 aromatic heterocycles. The number of aliphatic hydroxyl groups excluding tert-OH is 2. The Bertz CT molecular complexity index is 551. The van der Waals surface area contributed by atoms with Gasteiger partial charge in [0.1, 0.15) is 0 Å². The molecule has 0 aliphatic carbocycles. The molecule has 4 nitrogen and oxygen atoms in total. The molecule has 2 rings (SSSR count). The summed E-state index contributed by atoms with van der Waals surface area (Å²) in [7, 11) is 0. The molecule has 4 heteroatoms. The second-order valence-electron chi connectivity index (χ2n) is 9.18. The minimum Gasteiger partial charge on any atom is -0.393 e. The van der Waals surface area contributed by atoms with Crippen LogP contribution in [0.1, 0.15) is 54.4 Å². The number of nitrogens with zero attached hydrogens (tertiary/aromatic N) is 2. The van der Waals surface area contributed by atoms with E-state index in [1.807, 2.05) is 0 Å². The number of likely N-dealkylation sites (tertiary alicyclic amines) is 2. The van der Waals surface area contributed by atoms with E-state index in [2.05, 4.69) is 75.0 Å². The van der Waals surface area contributed by atoms with Crippen LogP contribution in [0, 0.1) is 35.5 Å². The van der Waals surface area contributed by atoms with E-state index in [0.717, 1.165) is 39.0 Å². The van der Waals surface area contributed by atoms with E-state index >= 15 is 0 Å². The lowest BCUT2D eigenvalue weighted by Crippen LogP contribution is -2.51. The van der Waals surface area contributed by atoms with Gasteiger partial charge in [0.15, 0.2) is 0 Å². The molecule has 0 aromatic carbocycles. The number of hydrogen-bond acceptors (Lipinski definition) is 4. The predicted molar refractivity (Wildman–Crippen MR) is 106 cm³/mol. The number of hydrogen-bond donors (Lipinski definition) is 2. The molecule has 0 unspecified atom stereocenters. The largest absolute Gasteiger partial charge is 0.393 e. The van der Waals surface area contributed by atoms with Crippen LogP contribution in [-0.4, -0.2) is 69.5 Å². The highest BCUT2D eigenvalue weighted by Crippen LogP contribution is 2.25. The zero-order valence-electron chi connectivity index (χ0n) is 17.3. The molecule has 0 saturated carbocycles. The SMILES string of the molecule is C[C@@H]1CN(C(C)(C)C#CC#CC(C)(C)N2CC[C@@H](O)[C@@H](C)C2)CC[C@@H]1O. The first-order chi connectivity index (χ1) is 12.0. The summed E-state index contributed by atoms with van der Waals surface area (Å²) in [6, 6.07) is 0. The highest BCUT2D eigenvalue weighted by atomic mass is 16.3. The molecule has 2 aliphatic rings. The Labute approximate surface area is 159 Å². The van der Waals surface area contributed by atoms with Crippen molar-refractivity contribution in [1.82, 2.24) is 9.80 Å². The van der Waals surface area contributed by atoms with Gasteiger partial charge in [-0.25, -0.2) is 0 Å². The summed E-state index contributed by atoms with van der Waals surface area (Å²) in [5.74, 6) is 13.3. The van der Waals surface area contributed by atoms with Gasteiger partial charge in [-0.3, -0.25) is 9.80 Å². The van der Waals surface area contributed by atoms with E-state index in [4.69, 9.17) is 0 Å². The fraction of sp³-hybridized carbons (Fsp3) is 0.818. The lowest BCUT2D eigenvalue weighted by atomic mass is 9.91. The van der Waals surface area contributed by atoms with Crippen LogP contribution >= 0.6 is 0 Å². The molecular weight excluding hydrogens is 324 g/mol. The summed E-state index contributed by atoms with van der Waals surface area (Å²) in [4.78, 5) is 4.69. The fourth-order valence-corrected chi connectivity index (χ4v) is 3.81. The molecular formula is C22H36N2O2. The Morgan fingerprint density at radius 2 is 1.08 bits per heavy atom. The average Bonchev–Trinajstić information content (AvgIpc) is 2.56. The van der Waals surface area contributed by atoms with Gasteiger partial charge in [0.25, 0.3) is 0 Å². The third-order valence-electron chi connectivity index (χ3n) is 6.10. The quantitative estimate of drug-likeness (QED) is 0.739. The van der Waals surface area contributed by atoms with Crippen molar-refractivity contribution in [3.8, 4) is 23.7 Å². The van der Waals surface area contributed by atoms with Crippen LogP contribution in [0.25, 0.3) is 0 Å². The first kappa shape index (κ1) is 21.3. The molecule has 0 spiro atoms.